The van der Waals surface area contributed by atoms with Gasteiger partial charge in [0.05, 0.1) is 12.3 Å². The van der Waals surface area contributed by atoms with Crippen LogP contribution in [0, 0.1) is 5.92 Å². The van der Waals surface area contributed by atoms with E-state index in [0.717, 1.165) is 25.5 Å². The molecule has 0 bridgehead atoms. The third kappa shape index (κ3) is 2.98. The maximum absolute atomic E-state index is 5.96. The van der Waals surface area contributed by atoms with Crippen LogP contribution in [-0.2, 0) is 0 Å². The van der Waals surface area contributed by atoms with Crippen LogP contribution in [0.1, 0.15) is 19.3 Å². The number of anilines is 2. The highest BCUT2D eigenvalue weighted by Crippen LogP contribution is 2.31. The Morgan fingerprint density at radius 2 is 2.15 bits per heavy atom. The standard InChI is InChI=1S/C15H24N4O/c1-18(2)12-7-8-19(9-12)14-6-5-13(16)15(17-14)20-10-11-3-4-11/h5-6,11-12H,3-4,7-10,16H2,1-2H3. The fraction of sp³-hybridized carbons (Fsp3) is 0.667. The van der Waals surface area contributed by atoms with Crippen LogP contribution in [-0.4, -0.2) is 49.7 Å². The third-order valence-corrected chi connectivity index (χ3v) is 4.25. The lowest BCUT2D eigenvalue weighted by atomic mass is 10.2. The SMILES string of the molecule is CN(C)C1CCN(c2ccc(N)c(OCC3CC3)n2)C1. The fourth-order valence-corrected chi connectivity index (χ4v) is 2.59. The lowest BCUT2D eigenvalue weighted by molar-refractivity contribution is 0.290. The second kappa shape index (κ2) is 5.48. The predicted octanol–water partition coefficient (Wildman–Crippen LogP) is 1.59. The van der Waals surface area contributed by atoms with E-state index in [0.29, 0.717) is 23.5 Å². The molecule has 5 heteroatoms. The summed E-state index contributed by atoms with van der Waals surface area (Å²) in [6, 6.07) is 4.51. The Bertz CT molecular complexity index is 473. The Kier molecular flexibility index (Phi) is 3.70. The number of rotatable bonds is 5. The lowest BCUT2D eigenvalue weighted by Gasteiger charge is -2.21. The summed E-state index contributed by atoms with van der Waals surface area (Å²) in [5.74, 6) is 2.29. The van der Waals surface area contributed by atoms with Gasteiger partial charge in [0.2, 0.25) is 5.88 Å². The van der Waals surface area contributed by atoms with E-state index >= 15 is 0 Å². The van der Waals surface area contributed by atoms with Gasteiger partial charge in [-0.2, -0.15) is 4.98 Å². The first-order valence-corrected chi connectivity index (χ1v) is 7.44. The molecule has 1 aliphatic carbocycles. The highest BCUT2D eigenvalue weighted by atomic mass is 16.5. The van der Waals surface area contributed by atoms with Crippen molar-refractivity contribution < 1.29 is 4.74 Å². The number of nitrogen functional groups attached to an aromatic ring is 1. The van der Waals surface area contributed by atoms with Crippen LogP contribution in [0.2, 0.25) is 0 Å². The summed E-state index contributed by atoms with van der Waals surface area (Å²) in [6.07, 6.45) is 3.73. The Hall–Kier alpha value is -1.49. The van der Waals surface area contributed by atoms with Gasteiger partial charge in [-0.1, -0.05) is 0 Å². The maximum atomic E-state index is 5.96. The zero-order valence-electron chi connectivity index (χ0n) is 12.4. The molecule has 1 atom stereocenters. The number of nitrogens with zero attached hydrogens (tertiary/aromatic N) is 3. The summed E-state index contributed by atoms with van der Waals surface area (Å²) in [5.41, 5.74) is 6.59. The summed E-state index contributed by atoms with van der Waals surface area (Å²) in [6.45, 7) is 2.81. The second-order valence-electron chi connectivity index (χ2n) is 6.17. The van der Waals surface area contributed by atoms with Gasteiger partial charge in [0.25, 0.3) is 0 Å². The molecular weight excluding hydrogens is 252 g/mol. The van der Waals surface area contributed by atoms with Crippen molar-refractivity contribution in [3.8, 4) is 5.88 Å². The van der Waals surface area contributed by atoms with Crippen LogP contribution in [0.4, 0.5) is 11.5 Å². The zero-order valence-corrected chi connectivity index (χ0v) is 12.4. The van der Waals surface area contributed by atoms with E-state index in [9.17, 15) is 0 Å². The van der Waals surface area contributed by atoms with Gasteiger partial charge < -0.3 is 20.3 Å². The van der Waals surface area contributed by atoms with Crippen molar-refractivity contribution in [2.24, 2.45) is 5.92 Å². The Morgan fingerprint density at radius 3 is 2.80 bits per heavy atom. The van der Waals surface area contributed by atoms with Gasteiger partial charge in [0, 0.05) is 19.1 Å². The van der Waals surface area contributed by atoms with Gasteiger partial charge in [-0.3, -0.25) is 0 Å². The fourth-order valence-electron chi connectivity index (χ4n) is 2.59. The van der Waals surface area contributed by atoms with E-state index in [1.165, 1.54) is 19.3 Å². The van der Waals surface area contributed by atoms with Crippen molar-refractivity contribution in [1.82, 2.24) is 9.88 Å². The van der Waals surface area contributed by atoms with Crippen molar-refractivity contribution in [3.63, 3.8) is 0 Å². The van der Waals surface area contributed by atoms with E-state index in [2.05, 4.69) is 28.9 Å². The molecule has 1 aromatic heterocycles. The molecule has 0 aromatic carbocycles. The second-order valence-corrected chi connectivity index (χ2v) is 6.17. The number of likely N-dealkylation sites (N-methyl/N-ethyl adjacent to an activating group) is 1. The van der Waals surface area contributed by atoms with E-state index in [1.54, 1.807) is 0 Å². The first kappa shape index (κ1) is 13.5. The van der Waals surface area contributed by atoms with Gasteiger partial charge in [0.1, 0.15) is 5.82 Å². The predicted molar refractivity (Wildman–Crippen MR) is 81.2 cm³/mol. The molecule has 1 aliphatic heterocycles. The van der Waals surface area contributed by atoms with Crippen molar-refractivity contribution in [1.29, 1.82) is 0 Å². The lowest BCUT2D eigenvalue weighted by Crippen LogP contribution is -2.31. The molecule has 1 aromatic rings. The average Bonchev–Trinajstić information content (AvgIpc) is 3.12. The molecule has 0 amide bonds. The Balaban J connectivity index is 1.68. The maximum Gasteiger partial charge on any atom is 0.239 e. The zero-order chi connectivity index (χ0) is 14.1. The number of nitrogens with two attached hydrogens (primary N) is 1. The quantitative estimate of drug-likeness (QED) is 0.885. The Labute approximate surface area is 120 Å². The number of hydrogen-bond acceptors (Lipinski definition) is 5. The van der Waals surface area contributed by atoms with Crippen LogP contribution in [0.25, 0.3) is 0 Å². The molecule has 1 saturated carbocycles. The number of hydrogen-bond donors (Lipinski definition) is 1. The van der Waals surface area contributed by atoms with E-state index in [-0.39, 0.29) is 0 Å². The smallest absolute Gasteiger partial charge is 0.239 e. The molecule has 2 fully saturated rings. The van der Waals surface area contributed by atoms with Crippen molar-refractivity contribution in [3.05, 3.63) is 12.1 Å². The van der Waals surface area contributed by atoms with Gasteiger partial charge in [-0.25, -0.2) is 0 Å². The van der Waals surface area contributed by atoms with Crippen LogP contribution in [0.15, 0.2) is 12.1 Å². The first-order chi connectivity index (χ1) is 9.63. The number of aromatic nitrogens is 1. The van der Waals surface area contributed by atoms with Gasteiger partial charge in [0.15, 0.2) is 0 Å². The van der Waals surface area contributed by atoms with Crippen LogP contribution < -0.4 is 15.4 Å². The third-order valence-electron chi connectivity index (χ3n) is 4.25. The number of ether oxygens (including phenoxy) is 1. The van der Waals surface area contributed by atoms with Crippen LogP contribution in [0.3, 0.4) is 0 Å². The minimum absolute atomic E-state index is 0.600. The highest BCUT2D eigenvalue weighted by Gasteiger charge is 2.26. The summed E-state index contributed by atoms with van der Waals surface area (Å²) < 4.78 is 5.76. The van der Waals surface area contributed by atoms with Gasteiger partial charge >= 0.3 is 0 Å². The van der Waals surface area contributed by atoms with Crippen LogP contribution >= 0.6 is 0 Å². The molecule has 1 unspecified atom stereocenters. The van der Waals surface area contributed by atoms with E-state index in [1.807, 2.05) is 12.1 Å². The highest BCUT2D eigenvalue weighted by molar-refractivity contribution is 5.55. The van der Waals surface area contributed by atoms with E-state index in [4.69, 9.17) is 10.5 Å². The molecule has 5 nitrogen and oxygen atoms in total. The molecule has 2 heterocycles. The summed E-state index contributed by atoms with van der Waals surface area (Å²) in [7, 11) is 4.27. The molecule has 0 spiro atoms. The molecule has 3 rings (SSSR count). The molecular formula is C15H24N4O. The molecule has 20 heavy (non-hydrogen) atoms. The van der Waals surface area contributed by atoms with Gasteiger partial charge in [-0.15, -0.1) is 0 Å². The topological polar surface area (TPSA) is 54.6 Å². The number of pyridine rings is 1. The molecule has 1 saturated heterocycles. The monoisotopic (exact) mass is 276 g/mol. The first-order valence-electron chi connectivity index (χ1n) is 7.44. The average molecular weight is 276 g/mol. The van der Waals surface area contributed by atoms with E-state index < -0.39 is 0 Å². The van der Waals surface area contributed by atoms with Crippen molar-refractivity contribution >= 4 is 11.5 Å². The minimum Gasteiger partial charge on any atom is -0.476 e. The molecule has 110 valence electrons. The minimum atomic E-state index is 0.600. The van der Waals surface area contributed by atoms with Crippen molar-refractivity contribution in [2.45, 2.75) is 25.3 Å². The summed E-state index contributed by atoms with van der Waals surface area (Å²) in [5, 5.41) is 0. The normalized spacial score (nSPS) is 22.6. The van der Waals surface area contributed by atoms with Gasteiger partial charge in [-0.05, 0) is 51.4 Å². The van der Waals surface area contributed by atoms with Crippen molar-refractivity contribution in [2.75, 3.05) is 44.4 Å². The molecule has 0 radical (unpaired) electrons. The summed E-state index contributed by atoms with van der Waals surface area (Å²) in [4.78, 5) is 9.20. The summed E-state index contributed by atoms with van der Waals surface area (Å²) >= 11 is 0. The molecule has 2 N–H and O–H groups in total. The largest absolute Gasteiger partial charge is 0.476 e. The van der Waals surface area contributed by atoms with Crippen LogP contribution in [0.5, 0.6) is 5.88 Å². The Morgan fingerprint density at radius 1 is 1.35 bits per heavy atom. The molecule has 2 aliphatic rings.